The number of rotatable bonds is 13. The molecule has 4 rings (SSSR count). The number of carbonyl (C=O) groups is 3. The van der Waals surface area contributed by atoms with Crippen LogP contribution in [0.2, 0.25) is 0 Å². The van der Waals surface area contributed by atoms with E-state index in [1.165, 1.54) is 7.11 Å². The van der Waals surface area contributed by atoms with Crippen molar-refractivity contribution in [3.8, 4) is 0 Å². The topological polar surface area (TPSA) is 139 Å². The van der Waals surface area contributed by atoms with E-state index in [0.717, 1.165) is 49.8 Å². The van der Waals surface area contributed by atoms with E-state index in [9.17, 15) is 14.4 Å². The van der Waals surface area contributed by atoms with Gasteiger partial charge in [0.25, 0.3) is 0 Å². The lowest BCUT2D eigenvalue weighted by atomic mass is 10.0. The summed E-state index contributed by atoms with van der Waals surface area (Å²) in [6.45, 7) is 7.50. The molecule has 0 saturated heterocycles. The van der Waals surface area contributed by atoms with Crippen LogP contribution in [0.4, 0.5) is 15.4 Å². The van der Waals surface area contributed by atoms with Crippen molar-refractivity contribution in [3.05, 3.63) is 64.0 Å². The standard InChI is InChI=1S/C32H43BrN6O6/c1-32(2,3)39-25(20-28(37-39)35-31(42)44-21-22-12-8-7-9-13-22)23-14-15-24(18-23)45-30(41)34-16-10-5-6-11-17-38-26(29(40)43-4)19-27(33)36-38/h7-9,12-13,19-20,23-24H,5-6,10-11,14-18,21H2,1-4H3,(H,34,41)(H,35,37,42)/t23-,24+/m0/s1. The molecular weight excluding hydrogens is 644 g/mol. The van der Waals surface area contributed by atoms with Crippen LogP contribution < -0.4 is 10.6 Å². The molecule has 2 amide bonds. The first kappa shape index (κ1) is 34.0. The van der Waals surface area contributed by atoms with Gasteiger partial charge in [-0.15, -0.1) is 0 Å². The molecule has 45 heavy (non-hydrogen) atoms. The average molecular weight is 688 g/mol. The number of ether oxygens (including phenoxy) is 3. The lowest BCUT2D eigenvalue weighted by Gasteiger charge is -2.24. The zero-order valence-corrected chi connectivity index (χ0v) is 28.0. The van der Waals surface area contributed by atoms with Gasteiger partial charge in [-0.05, 0) is 74.4 Å². The lowest BCUT2D eigenvalue weighted by molar-refractivity contribution is 0.0586. The number of esters is 1. The Kier molecular flexibility index (Phi) is 12.0. The molecule has 0 spiro atoms. The molecule has 1 aromatic carbocycles. The van der Waals surface area contributed by atoms with Crippen LogP contribution >= 0.6 is 15.9 Å². The highest BCUT2D eigenvalue weighted by Crippen LogP contribution is 2.38. The number of hydrogen-bond donors (Lipinski definition) is 2. The van der Waals surface area contributed by atoms with E-state index >= 15 is 0 Å². The summed E-state index contributed by atoms with van der Waals surface area (Å²) in [6.07, 6.45) is 4.66. The predicted octanol–water partition coefficient (Wildman–Crippen LogP) is 6.76. The van der Waals surface area contributed by atoms with Gasteiger partial charge in [-0.25, -0.2) is 14.4 Å². The predicted molar refractivity (Wildman–Crippen MR) is 172 cm³/mol. The van der Waals surface area contributed by atoms with Crippen molar-refractivity contribution in [1.82, 2.24) is 24.9 Å². The Morgan fingerprint density at radius 1 is 1.00 bits per heavy atom. The highest BCUT2D eigenvalue weighted by Gasteiger charge is 2.33. The maximum Gasteiger partial charge on any atom is 0.413 e. The number of amides is 2. The summed E-state index contributed by atoms with van der Waals surface area (Å²) in [5.74, 6) is 0.157. The number of nitrogens with zero attached hydrogens (tertiary/aromatic N) is 4. The molecule has 1 aliphatic rings. The van der Waals surface area contributed by atoms with Crippen molar-refractivity contribution in [2.24, 2.45) is 0 Å². The molecule has 1 fully saturated rings. The number of anilines is 1. The maximum absolute atomic E-state index is 12.5. The maximum atomic E-state index is 12.5. The molecular formula is C32H43BrN6O6. The fraction of sp³-hybridized carbons (Fsp3) is 0.531. The van der Waals surface area contributed by atoms with Crippen molar-refractivity contribution >= 4 is 39.9 Å². The van der Waals surface area contributed by atoms with Crippen LogP contribution in [-0.2, 0) is 32.9 Å². The third-order valence-corrected chi connectivity index (χ3v) is 7.99. The van der Waals surface area contributed by atoms with E-state index in [0.29, 0.717) is 35.6 Å². The fourth-order valence-electron chi connectivity index (χ4n) is 5.41. The largest absolute Gasteiger partial charge is 0.464 e. The van der Waals surface area contributed by atoms with Crippen molar-refractivity contribution in [3.63, 3.8) is 0 Å². The smallest absolute Gasteiger partial charge is 0.413 e. The minimum atomic E-state index is -0.563. The molecule has 2 N–H and O–H groups in total. The van der Waals surface area contributed by atoms with Gasteiger partial charge < -0.3 is 19.5 Å². The van der Waals surface area contributed by atoms with E-state index in [1.54, 1.807) is 10.7 Å². The summed E-state index contributed by atoms with van der Waals surface area (Å²) in [7, 11) is 1.35. The summed E-state index contributed by atoms with van der Waals surface area (Å²) >= 11 is 3.30. The number of unbranched alkanes of at least 4 members (excludes halogenated alkanes) is 3. The van der Waals surface area contributed by atoms with Crippen molar-refractivity contribution in [2.45, 2.75) is 96.4 Å². The van der Waals surface area contributed by atoms with Crippen LogP contribution in [0.3, 0.4) is 0 Å². The first-order valence-corrected chi connectivity index (χ1v) is 16.2. The van der Waals surface area contributed by atoms with E-state index in [1.807, 2.05) is 41.1 Å². The minimum absolute atomic E-state index is 0.139. The van der Waals surface area contributed by atoms with Gasteiger partial charge in [0, 0.05) is 36.8 Å². The Labute approximate surface area is 272 Å². The van der Waals surface area contributed by atoms with Crippen molar-refractivity contribution in [2.75, 3.05) is 19.0 Å². The molecule has 1 aliphatic carbocycles. The Morgan fingerprint density at radius 2 is 1.76 bits per heavy atom. The molecule has 0 aliphatic heterocycles. The van der Waals surface area contributed by atoms with Crippen molar-refractivity contribution in [1.29, 1.82) is 0 Å². The monoisotopic (exact) mass is 686 g/mol. The number of methoxy groups -OCH3 is 1. The van der Waals surface area contributed by atoms with Crippen LogP contribution in [-0.4, -0.2) is 57.5 Å². The third kappa shape index (κ3) is 10.1. The van der Waals surface area contributed by atoms with Gasteiger partial charge in [0.05, 0.1) is 12.6 Å². The molecule has 12 nitrogen and oxygen atoms in total. The van der Waals surface area contributed by atoms with Gasteiger partial charge in [-0.2, -0.15) is 10.2 Å². The lowest BCUT2D eigenvalue weighted by Crippen LogP contribution is -2.29. The summed E-state index contributed by atoms with van der Waals surface area (Å²) in [5.41, 5.74) is 2.01. The van der Waals surface area contributed by atoms with Gasteiger partial charge in [0.2, 0.25) is 0 Å². The van der Waals surface area contributed by atoms with Gasteiger partial charge in [0.15, 0.2) is 5.82 Å². The number of aromatic nitrogens is 4. The van der Waals surface area contributed by atoms with Gasteiger partial charge in [-0.1, -0.05) is 43.2 Å². The number of alkyl carbamates (subject to hydrolysis) is 1. The number of hydrogen-bond acceptors (Lipinski definition) is 8. The van der Waals surface area contributed by atoms with E-state index in [-0.39, 0.29) is 24.2 Å². The number of carbonyl (C=O) groups excluding carboxylic acids is 3. The summed E-state index contributed by atoms with van der Waals surface area (Å²) in [4.78, 5) is 36.8. The average Bonchev–Trinajstić information content (AvgIpc) is 3.74. The highest BCUT2D eigenvalue weighted by atomic mass is 79.9. The highest BCUT2D eigenvalue weighted by molar-refractivity contribution is 9.10. The Hall–Kier alpha value is -3.87. The van der Waals surface area contributed by atoms with Gasteiger partial charge in [-0.3, -0.25) is 14.7 Å². The van der Waals surface area contributed by atoms with Gasteiger partial charge in [0.1, 0.15) is 23.0 Å². The van der Waals surface area contributed by atoms with Crippen molar-refractivity contribution < 1.29 is 28.6 Å². The minimum Gasteiger partial charge on any atom is -0.464 e. The number of halogens is 1. The SMILES string of the molecule is COC(=O)c1cc(Br)nn1CCCCCCNC(=O)O[C@@H]1CC[C@H](c2cc(NC(=O)OCc3ccccc3)nn2C(C)(C)C)C1. The Balaban J connectivity index is 1.17. The summed E-state index contributed by atoms with van der Waals surface area (Å²) in [5, 5.41) is 14.6. The Morgan fingerprint density at radius 3 is 2.49 bits per heavy atom. The van der Waals surface area contributed by atoms with Crippen LogP contribution in [0, 0.1) is 0 Å². The molecule has 3 aromatic rings. The molecule has 0 radical (unpaired) electrons. The summed E-state index contributed by atoms with van der Waals surface area (Å²) < 4.78 is 20.1. The molecule has 244 valence electrons. The molecule has 2 aromatic heterocycles. The quantitative estimate of drug-likeness (QED) is 0.114. The number of benzene rings is 1. The number of aryl methyl sites for hydroxylation is 1. The molecule has 0 unspecified atom stereocenters. The second-order valence-electron chi connectivity index (χ2n) is 12.2. The molecule has 0 bridgehead atoms. The first-order chi connectivity index (χ1) is 21.5. The molecule has 1 saturated carbocycles. The molecule has 2 heterocycles. The second-order valence-corrected chi connectivity index (χ2v) is 13.0. The van der Waals surface area contributed by atoms with E-state index < -0.39 is 18.2 Å². The van der Waals surface area contributed by atoms with Crippen LogP contribution in [0.1, 0.15) is 93.4 Å². The first-order valence-electron chi connectivity index (χ1n) is 15.4. The number of nitrogens with one attached hydrogen (secondary N) is 2. The Bertz CT molecular complexity index is 1430. The van der Waals surface area contributed by atoms with Gasteiger partial charge >= 0.3 is 18.2 Å². The zero-order valence-electron chi connectivity index (χ0n) is 26.4. The summed E-state index contributed by atoms with van der Waals surface area (Å²) in [6, 6.07) is 13.0. The zero-order chi connectivity index (χ0) is 32.4. The van der Waals surface area contributed by atoms with E-state index in [2.05, 4.69) is 57.5 Å². The van der Waals surface area contributed by atoms with Crippen LogP contribution in [0.25, 0.3) is 0 Å². The van der Waals surface area contributed by atoms with E-state index in [4.69, 9.17) is 14.2 Å². The fourth-order valence-corrected chi connectivity index (χ4v) is 5.82. The second kappa shape index (κ2) is 15.9. The van der Waals surface area contributed by atoms with Crippen LogP contribution in [0.5, 0.6) is 0 Å². The third-order valence-electron chi connectivity index (χ3n) is 7.60. The normalized spacial score (nSPS) is 16.3. The molecule has 2 atom stereocenters. The van der Waals surface area contributed by atoms with Crippen LogP contribution in [0.15, 0.2) is 47.1 Å². The molecule has 13 heteroatoms.